The van der Waals surface area contributed by atoms with E-state index in [1.54, 1.807) is 0 Å². The van der Waals surface area contributed by atoms with Gasteiger partial charge in [-0.15, -0.1) is 0 Å². The van der Waals surface area contributed by atoms with Crippen molar-refractivity contribution >= 4 is 22.6 Å². The molecule has 0 radical (unpaired) electrons. The van der Waals surface area contributed by atoms with Crippen molar-refractivity contribution in [3.63, 3.8) is 0 Å². The fraction of sp³-hybridized carbons (Fsp3) is 0.0400. The molecule has 256 valence electrons. The predicted molar refractivity (Wildman–Crippen MR) is 221 cm³/mol. The third kappa shape index (κ3) is 5.22. The number of hydrogen-bond acceptors (Lipinski definition) is 2. The molecule has 54 heavy (non-hydrogen) atoms. The van der Waals surface area contributed by atoms with E-state index in [9.17, 15) is 0 Å². The summed E-state index contributed by atoms with van der Waals surface area (Å²) in [4.78, 5) is 19.0. The number of allylic oxidation sites excluding steroid dienone is 5. The molecule has 7 aromatic rings. The van der Waals surface area contributed by atoms with E-state index in [1.165, 1.54) is 5.56 Å². The summed E-state index contributed by atoms with van der Waals surface area (Å²) in [5.41, 5.74) is 14.7. The number of rotatable bonds is 5. The van der Waals surface area contributed by atoms with Crippen LogP contribution in [0.25, 0.3) is 11.1 Å². The van der Waals surface area contributed by atoms with Gasteiger partial charge < -0.3 is 9.97 Å². The van der Waals surface area contributed by atoms with E-state index in [1.807, 2.05) is 0 Å². The lowest BCUT2D eigenvalue weighted by Gasteiger charge is -2.34. The normalized spacial score (nSPS) is 19.8. The SMILES string of the molecule is C1=C/C2=C(\c3ccccc3)c3ccc([nH]3)C(c3ccccc3)c3ccc([nH]3)C(c3ccccc3)(c3ccccc3)C3=N/C(=C(/c4ccccc4)C1=N2)C=C3. The minimum absolute atomic E-state index is 0.0905. The van der Waals surface area contributed by atoms with Gasteiger partial charge in [-0.3, -0.25) is 4.99 Å². The predicted octanol–water partition coefficient (Wildman–Crippen LogP) is 11.1. The van der Waals surface area contributed by atoms with Gasteiger partial charge in [0.05, 0.1) is 28.7 Å². The van der Waals surface area contributed by atoms with Crippen LogP contribution >= 0.6 is 0 Å². The lowest BCUT2D eigenvalue weighted by molar-refractivity contribution is 0.784. The number of hydrogen-bond donors (Lipinski definition) is 2. The number of H-pyrrole nitrogens is 2. The van der Waals surface area contributed by atoms with E-state index >= 15 is 0 Å². The molecule has 4 heteroatoms. The Bertz CT molecular complexity index is 2630. The Labute approximate surface area is 315 Å². The molecular weight excluding hydrogens is 657 g/mol. The van der Waals surface area contributed by atoms with Crippen molar-refractivity contribution in [2.75, 3.05) is 0 Å². The molecule has 2 N–H and O–H groups in total. The van der Waals surface area contributed by atoms with Crippen LogP contribution in [0.5, 0.6) is 0 Å². The number of nitrogens with one attached hydrogen (secondary N) is 2. The first-order valence-corrected chi connectivity index (χ1v) is 18.5. The van der Waals surface area contributed by atoms with Gasteiger partial charge in [0.25, 0.3) is 0 Å². The van der Waals surface area contributed by atoms with Crippen LogP contribution in [0.2, 0.25) is 0 Å². The van der Waals surface area contributed by atoms with Crippen LogP contribution in [0, 0.1) is 0 Å². The Morgan fingerprint density at radius 2 is 0.944 bits per heavy atom. The summed E-state index contributed by atoms with van der Waals surface area (Å²) in [6.45, 7) is 0. The summed E-state index contributed by atoms with van der Waals surface area (Å²) in [7, 11) is 0. The average Bonchev–Trinajstić information content (AvgIpc) is 4.08. The molecule has 8 bridgehead atoms. The molecule has 0 aliphatic carbocycles. The molecule has 1 atom stereocenters. The fourth-order valence-electron chi connectivity index (χ4n) is 8.41. The molecule has 3 aliphatic rings. The standard InChI is InChI=1S/C50H36N4/c1-6-16-34(17-7-1)47-39-26-28-41(51-39)48(35-18-8-2-9-19-35)43-30-32-45(53-43)50(37-22-12-4-13-23-37,38-24-14-5-15-25-38)46-33-31-44(54-46)49(36-20-10-3-11-21-36)42-29-27-40(47)52-42/h1-33,48,51,53H/b47-40-,49-44-. The Morgan fingerprint density at radius 3 is 1.59 bits per heavy atom. The van der Waals surface area contributed by atoms with Gasteiger partial charge in [-0.05, 0) is 76.4 Å². The van der Waals surface area contributed by atoms with Crippen molar-refractivity contribution in [3.05, 3.63) is 262 Å². The van der Waals surface area contributed by atoms with E-state index in [0.29, 0.717) is 0 Å². The minimum Gasteiger partial charge on any atom is -0.360 e. The quantitative estimate of drug-likeness (QED) is 0.180. The first-order valence-electron chi connectivity index (χ1n) is 18.5. The Balaban J connectivity index is 1.33. The Morgan fingerprint density at radius 1 is 0.426 bits per heavy atom. The molecule has 3 aliphatic heterocycles. The van der Waals surface area contributed by atoms with Crippen LogP contribution in [0.1, 0.15) is 56.5 Å². The van der Waals surface area contributed by atoms with Crippen LogP contribution in [0.3, 0.4) is 0 Å². The first-order chi connectivity index (χ1) is 26.8. The van der Waals surface area contributed by atoms with E-state index in [0.717, 1.165) is 79.0 Å². The van der Waals surface area contributed by atoms with E-state index in [2.05, 4.69) is 210 Å². The first kappa shape index (κ1) is 31.7. The molecule has 0 saturated heterocycles. The van der Waals surface area contributed by atoms with Crippen molar-refractivity contribution < 1.29 is 0 Å². The highest BCUT2D eigenvalue weighted by atomic mass is 14.9. The maximum atomic E-state index is 5.63. The molecule has 5 heterocycles. The number of fused-ring (bicyclic) bond motifs is 6. The van der Waals surface area contributed by atoms with Crippen molar-refractivity contribution in [1.82, 2.24) is 9.97 Å². The zero-order valence-corrected chi connectivity index (χ0v) is 29.5. The lowest BCUT2D eigenvalue weighted by atomic mass is 9.68. The summed E-state index contributed by atoms with van der Waals surface area (Å²) in [6, 6.07) is 62.3. The van der Waals surface area contributed by atoms with E-state index < -0.39 is 5.41 Å². The second kappa shape index (κ2) is 13.2. The number of aromatic amines is 2. The van der Waals surface area contributed by atoms with Crippen molar-refractivity contribution in [2.45, 2.75) is 11.3 Å². The number of benzene rings is 5. The molecule has 1 unspecified atom stereocenters. The number of nitrogens with zero attached hydrogens (tertiary/aromatic N) is 2. The monoisotopic (exact) mass is 692 g/mol. The largest absolute Gasteiger partial charge is 0.360 e. The number of aliphatic imine (C=N–C) groups is 2. The van der Waals surface area contributed by atoms with Crippen LogP contribution in [-0.2, 0) is 5.41 Å². The molecule has 2 aromatic heterocycles. The second-order valence-corrected chi connectivity index (χ2v) is 13.9. The average molecular weight is 693 g/mol. The van der Waals surface area contributed by atoms with E-state index in [-0.39, 0.29) is 5.92 Å². The van der Waals surface area contributed by atoms with Gasteiger partial charge in [0.15, 0.2) is 0 Å². The minimum atomic E-state index is -0.751. The fourth-order valence-corrected chi connectivity index (χ4v) is 8.41. The van der Waals surface area contributed by atoms with Crippen molar-refractivity contribution in [3.8, 4) is 0 Å². The Kier molecular flexibility index (Phi) is 7.73. The Hall–Kier alpha value is -7.04. The molecule has 0 amide bonds. The van der Waals surface area contributed by atoms with E-state index in [4.69, 9.17) is 9.98 Å². The van der Waals surface area contributed by atoms with Crippen LogP contribution in [0.4, 0.5) is 0 Å². The summed E-state index contributed by atoms with van der Waals surface area (Å²) in [5.74, 6) is -0.0905. The van der Waals surface area contributed by atoms with Gasteiger partial charge in [0.1, 0.15) is 5.41 Å². The zero-order chi connectivity index (χ0) is 35.9. The molecule has 0 spiro atoms. The summed E-state index contributed by atoms with van der Waals surface area (Å²) in [5, 5.41) is 0. The molecule has 0 saturated carbocycles. The maximum Gasteiger partial charge on any atom is 0.102 e. The highest BCUT2D eigenvalue weighted by molar-refractivity contribution is 6.32. The highest BCUT2D eigenvalue weighted by Gasteiger charge is 2.43. The molecular formula is C50H36N4. The third-order valence-corrected chi connectivity index (χ3v) is 10.8. The topological polar surface area (TPSA) is 56.3 Å². The van der Waals surface area contributed by atoms with Crippen LogP contribution in [-0.4, -0.2) is 21.4 Å². The summed E-state index contributed by atoms with van der Waals surface area (Å²) < 4.78 is 0. The smallest absolute Gasteiger partial charge is 0.102 e. The molecule has 4 nitrogen and oxygen atoms in total. The van der Waals surface area contributed by atoms with Gasteiger partial charge >= 0.3 is 0 Å². The van der Waals surface area contributed by atoms with Gasteiger partial charge in [0.2, 0.25) is 0 Å². The van der Waals surface area contributed by atoms with Gasteiger partial charge in [-0.1, -0.05) is 152 Å². The molecule has 0 fully saturated rings. The number of aromatic nitrogens is 2. The van der Waals surface area contributed by atoms with Crippen LogP contribution < -0.4 is 0 Å². The van der Waals surface area contributed by atoms with Crippen LogP contribution in [0.15, 0.2) is 222 Å². The summed E-state index contributed by atoms with van der Waals surface area (Å²) in [6.07, 6.45) is 8.66. The summed E-state index contributed by atoms with van der Waals surface area (Å²) >= 11 is 0. The zero-order valence-electron chi connectivity index (χ0n) is 29.5. The van der Waals surface area contributed by atoms with Gasteiger partial charge in [-0.2, -0.15) is 0 Å². The lowest BCUT2D eigenvalue weighted by Crippen LogP contribution is -2.37. The van der Waals surface area contributed by atoms with Crippen molar-refractivity contribution in [2.24, 2.45) is 9.98 Å². The third-order valence-electron chi connectivity index (χ3n) is 10.8. The van der Waals surface area contributed by atoms with Crippen molar-refractivity contribution in [1.29, 1.82) is 0 Å². The van der Waals surface area contributed by atoms with Gasteiger partial charge in [-0.25, -0.2) is 4.99 Å². The molecule has 5 aromatic carbocycles. The molecule has 10 rings (SSSR count). The second-order valence-electron chi connectivity index (χ2n) is 13.9. The highest BCUT2D eigenvalue weighted by Crippen LogP contribution is 2.45. The van der Waals surface area contributed by atoms with Gasteiger partial charge in [0, 0.05) is 33.9 Å². The maximum absolute atomic E-state index is 5.63.